The molecule has 4 rings (SSSR count). The molecule has 1 heterocycles. The molecule has 0 spiro atoms. The van der Waals surface area contributed by atoms with Crippen molar-refractivity contribution in [2.75, 3.05) is 18.2 Å². The lowest BCUT2D eigenvalue weighted by Gasteiger charge is -2.39. The van der Waals surface area contributed by atoms with E-state index in [1.54, 1.807) is 7.11 Å². The number of amides is 1. The average Bonchev–Trinajstić information content (AvgIpc) is 2.82. The second kappa shape index (κ2) is 10.0. The van der Waals surface area contributed by atoms with Crippen molar-refractivity contribution in [3.63, 3.8) is 0 Å². The molecule has 35 heavy (non-hydrogen) atoms. The molecule has 0 saturated carbocycles. The number of anilines is 1. The maximum atomic E-state index is 13.3. The van der Waals surface area contributed by atoms with Crippen LogP contribution in [0.25, 0.3) is 0 Å². The van der Waals surface area contributed by atoms with E-state index in [4.69, 9.17) is 4.74 Å². The standard InChI is InChI=1S/C28H29N3O3S/c1-17-5-9-19(10-6-17)30-24(33)16-35-27-21(15-29)25(18-7-11-20(34-4)12-8-18)26-22(31-27)13-28(2,3)14-23(26)32/h5-12,25,31H,13-14,16H2,1-4H3,(H,30,33)/t25-/m1/s1. The Morgan fingerprint density at radius 2 is 1.86 bits per heavy atom. The van der Waals surface area contributed by atoms with Gasteiger partial charge in [0.1, 0.15) is 5.75 Å². The normalized spacial score (nSPS) is 18.9. The van der Waals surface area contributed by atoms with Crippen LogP contribution < -0.4 is 15.4 Å². The van der Waals surface area contributed by atoms with E-state index in [0.717, 1.165) is 22.5 Å². The summed E-state index contributed by atoms with van der Waals surface area (Å²) in [6.45, 7) is 6.14. The monoisotopic (exact) mass is 487 g/mol. The molecule has 1 aliphatic carbocycles. The second-order valence-corrected chi connectivity index (χ2v) is 10.7. The highest BCUT2D eigenvalue weighted by Gasteiger charge is 2.41. The number of carbonyl (C=O) groups is 2. The number of dihydropyridines is 1. The predicted molar refractivity (Wildman–Crippen MR) is 139 cm³/mol. The van der Waals surface area contributed by atoms with Gasteiger partial charge in [0.05, 0.1) is 35.5 Å². The van der Waals surface area contributed by atoms with E-state index in [9.17, 15) is 14.9 Å². The van der Waals surface area contributed by atoms with Gasteiger partial charge in [-0.05, 0) is 48.6 Å². The van der Waals surface area contributed by atoms with Gasteiger partial charge in [0.25, 0.3) is 0 Å². The third-order valence-electron chi connectivity index (χ3n) is 6.26. The summed E-state index contributed by atoms with van der Waals surface area (Å²) in [6.07, 6.45) is 1.12. The van der Waals surface area contributed by atoms with Crippen LogP contribution in [-0.2, 0) is 9.59 Å². The van der Waals surface area contributed by atoms with Gasteiger partial charge >= 0.3 is 0 Å². The second-order valence-electron chi connectivity index (χ2n) is 9.72. The number of nitriles is 1. The molecule has 1 atom stereocenters. The molecule has 1 amide bonds. The summed E-state index contributed by atoms with van der Waals surface area (Å²) in [6, 6.07) is 17.4. The predicted octanol–water partition coefficient (Wildman–Crippen LogP) is 5.44. The Labute approximate surface area is 210 Å². The fraction of sp³-hybridized carbons (Fsp3) is 0.321. The first kappa shape index (κ1) is 24.6. The van der Waals surface area contributed by atoms with Gasteiger partial charge in [-0.1, -0.05) is 55.4 Å². The molecule has 2 aromatic rings. The first-order valence-corrected chi connectivity index (χ1v) is 12.5. The molecular weight excluding hydrogens is 458 g/mol. The van der Waals surface area contributed by atoms with Crippen LogP contribution in [-0.4, -0.2) is 24.6 Å². The number of ketones is 1. The van der Waals surface area contributed by atoms with E-state index in [2.05, 4.69) is 30.6 Å². The molecule has 2 aliphatic rings. The van der Waals surface area contributed by atoms with Crippen molar-refractivity contribution in [3.8, 4) is 11.8 Å². The lowest BCUT2D eigenvalue weighted by Crippen LogP contribution is -2.37. The number of benzene rings is 2. The van der Waals surface area contributed by atoms with Crippen LogP contribution in [0.5, 0.6) is 5.75 Å². The van der Waals surface area contributed by atoms with Gasteiger partial charge in [0, 0.05) is 23.4 Å². The Bertz CT molecular complexity index is 1250. The summed E-state index contributed by atoms with van der Waals surface area (Å²) < 4.78 is 5.29. The van der Waals surface area contributed by atoms with Gasteiger partial charge < -0.3 is 15.4 Å². The van der Waals surface area contributed by atoms with Gasteiger partial charge in [0.15, 0.2) is 5.78 Å². The number of methoxy groups -OCH3 is 1. The SMILES string of the molecule is COc1ccc([C@@H]2C(C#N)=C(SCC(=O)Nc3ccc(C)cc3)NC3=C2C(=O)CC(C)(C)C3)cc1. The Kier molecular flexibility index (Phi) is 7.04. The van der Waals surface area contributed by atoms with E-state index in [1.165, 1.54) is 11.8 Å². The number of Topliss-reactive ketones (excluding diaryl/α,β-unsaturated/α-hetero) is 1. The van der Waals surface area contributed by atoms with Crippen LogP contribution in [0.2, 0.25) is 0 Å². The number of rotatable bonds is 6. The maximum absolute atomic E-state index is 13.3. The van der Waals surface area contributed by atoms with Crippen LogP contribution in [0.15, 0.2) is 70.4 Å². The van der Waals surface area contributed by atoms with Crippen molar-refractivity contribution in [1.29, 1.82) is 5.26 Å². The van der Waals surface area contributed by atoms with Crippen molar-refractivity contribution >= 4 is 29.1 Å². The minimum atomic E-state index is -0.478. The average molecular weight is 488 g/mol. The number of aryl methyl sites for hydroxylation is 1. The Hall–Kier alpha value is -3.50. The fourth-order valence-corrected chi connectivity index (χ4v) is 5.45. The van der Waals surface area contributed by atoms with Crippen molar-refractivity contribution in [3.05, 3.63) is 81.5 Å². The lowest BCUT2D eigenvalue weighted by molar-refractivity contribution is -0.118. The summed E-state index contributed by atoms with van der Waals surface area (Å²) in [5.41, 5.74) is 4.46. The number of allylic oxidation sites excluding steroid dienone is 3. The number of thioether (sulfide) groups is 1. The largest absolute Gasteiger partial charge is 0.497 e. The molecule has 0 unspecified atom stereocenters. The molecule has 6 nitrogen and oxygen atoms in total. The van der Waals surface area contributed by atoms with Gasteiger partial charge in [-0.15, -0.1) is 0 Å². The molecule has 1 aliphatic heterocycles. The van der Waals surface area contributed by atoms with E-state index in [1.807, 2.05) is 55.5 Å². The first-order chi connectivity index (χ1) is 16.7. The molecule has 0 fully saturated rings. The number of hydrogen-bond donors (Lipinski definition) is 2. The summed E-state index contributed by atoms with van der Waals surface area (Å²) in [5, 5.41) is 17.1. The Morgan fingerprint density at radius 3 is 2.49 bits per heavy atom. The fourth-order valence-electron chi connectivity index (χ4n) is 4.59. The van der Waals surface area contributed by atoms with E-state index >= 15 is 0 Å². The van der Waals surface area contributed by atoms with Crippen molar-refractivity contribution in [2.45, 2.75) is 39.5 Å². The highest BCUT2D eigenvalue weighted by Crippen LogP contribution is 2.48. The molecule has 7 heteroatoms. The first-order valence-electron chi connectivity index (χ1n) is 11.5. The van der Waals surface area contributed by atoms with Crippen molar-refractivity contribution in [1.82, 2.24) is 5.32 Å². The molecule has 2 N–H and O–H groups in total. The molecule has 0 saturated heterocycles. The van der Waals surface area contributed by atoms with E-state index in [0.29, 0.717) is 34.8 Å². The van der Waals surface area contributed by atoms with E-state index < -0.39 is 5.92 Å². The number of carbonyl (C=O) groups excluding carboxylic acids is 2. The zero-order valence-corrected chi connectivity index (χ0v) is 21.2. The molecule has 0 radical (unpaired) electrons. The van der Waals surface area contributed by atoms with Gasteiger partial charge in [-0.25, -0.2) is 0 Å². The van der Waals surface area contributed by atoms with Crippen molar-refractivity contribution < 1.29 is 14.3 Å². The van der Waals surface area contributed by atoms with Crippen LogP contribution in [0.1, 0.15) is 43.7 Å². The molecule has 0 bridgehead atoms. The smallest absolute Gasteiger partial charge is 0.234 e. The zero-order valence-electron chi connectivity index (χ0n) is 20.4. The highest BCUT2D eigenvalue weighted by molar-refractivity contribution is 8.03. The maximum Gasteiger partial charge on any atom is 0.234 e. The Balaban J connectivity index is 1.64. The van der Waals surface area contributed by atoms with Gasteiger partial charge in [-0.3, -0.25) is 9.59 Å². The number of hydrogen-bond acceptors (Lipinski definition) is 6. The van der Waals surface area contributed by atoms with Crippen LogP contribution in [0.3, 0.4) is 0 Å². The molecule has 0 aromatic heterocycles. The minimum absolute atomic E-state index is 0.0542. The topological polar surface area (TPSA) is 91.2 Å². The van der Waals surface area contributed by atoms with Gasteiger partial charge in [0.2, 0.25) is 5.91 Å². The van der Waals surface area contributed by atoms with Crippen LogP contribution in [0.4, 0.5) is 5.69 Å². The number of nitrogens with zero attached hydrogens (tertiary/aromatic N) is 1. The van der Waals surface area contributed by atoms with Crippen molar-refractivity contribution in [2.24, 2.45) is 5.41 Å². The Morgan fingerprint density at radius 1 is 1.17 bits per heavy atom. The highest BCUT2D eigenvalue weighted by atomic mass is 32.2. The third kappa shape index (κ3) is 5.44. The van der Waals surface area contributed by atoms with E-state index in [-0.39, 0.29) is 22.9 Å². The number of nitrogens with one attached hydrogen (secondary N) is 2. The number of ether oxygens (including phenoxy) is 1. The summed E-state index contributed by atoms with van der Waals surface area (Å²) in [7, 11) is 1.60. The lowest BCUT2D eigenvalue weighted by atomic mass is 9.69. The summed E-state index contributed by atoms with van der Waals surface area (Å²) in [4.78, 5) is 25.9. The molecule has 180 valence electrons. The van der Waals surface area contributed by atoms with Crippen LogP contribution >= 0.6 is 11.8 Å². The summed E-state index contributed by atoms with van der Waals surface area (Å²) in [5.74, 6) is 0.257. The van der Waals surface area contributed by atoms with Gasteiger partial charge in [-0.2, -0.15) is 5.26 Å². The zero-order chi connectivity index (χ0) is 25.2. The summed E-state index contributed by atoms with van der Waals surface area (Å²) >= 11 is 1.29. The molecule has 2 aromatic carbocycles. The minimum Gasteiger partial charge on any atom is -0.497 e. The molecular formula is C28H29N3O3S. The quantitative estimate of drug-likeness (QED) is 0.564. The third-order valence-corrected chi connectivity index (χ3v) is 7.28. The van der Waals surface area contributed by atoms with Crippen LogP contribution in [0, 0.1) is 23.7 Å².